The van der Waals surface area contributed by atoms with Crippen LogP contribution in [0.3, 0.4) is 0 Å². The van der Waals surface area contributed by atoms with Crippen LogP contribution in [0.5, 0.6) is 0 Å². The normalized spacial score (nSPS) is 23.1. The minimum absolute atomic E-state index is 0.0363. The van der Waals surface area contributed by atoms with Crippen LogP contribution in [-0.4, -0.2) is 41.3 Å². The van der Waals surface area contributed by atoms with E-state index in [2.05, 4.69) is 22.0 Å². The number of aromatic amines is 1. The molecule has 0 radical (unpaired) electrons. The molecule has 1 unspecified atom stereocenters. The van der Waals surface area contributed by atoms with Crippen molar-refractivity contribution in [2.45, 2.75) is 19.4 Å². The van der Waals surface area contributed by atoms with Crippen molar-refractivity contribution in [2.24, 2.45) is 0 Å². The molecule has 0 aromatic carbocycles. The minimum atomic E-state index is -0.0363. The summed E-state index contributed by atoms with van der Waals surface area (Å²) in [6.45, 7) is 5.85. The number of aromatic nitrogens is 2. The summed E-state index contributed by atoms with van der Waals surface area (Å²) in [6, 6.07) is 0. The molecule has 1 fully saturated rings. The molecule has 0 amide bonds. The van der Waals surface area contributed by atoms with Crippen LogP contribution in [-0.2, 0) is 4.74 Å². The third kappa shape index (κ3) is 2.64. The summed E-state index contributed by atoms with van der Waals surface area (Å²) in [5.41, 5.74) is 0. The fourth-order valence-corrected chi connectivity index (χ4v) is 1.90. The van der Waals surface area contributed by atoms with Gasteiger partial charge in [0.25, 0.3) is 0 Å². The first-order valence-electron chi connectivity index (χ1n) is 5.19. The number of H-pyrrole nitrogens is 1. The maximum atomic E-state index is 5.61. The maximum Gasteiger partial charge on any atom is 0.314 e. The number of nitrogens with zero attached hydrogens (tertiary/aromatic N) is 2. The zero-order valence-corrected chi connectivity index (χ0v) is 9.55. The predicted molar refractivity (Wildman–Crippen MR) is 57.1 cm³/mol. The lowest BCUT2D eigenvalue weighted by Gasteiger charge is -2.31. The molecule has 0 aliphatic carbocycles. The van der Waals surface area contributed by atoms with Gasteiger partial charge in [-0.05, 0) is 25.2 Å². The first kappa shape index (κ1) is 10.8. The van der Waals surface area contributed by atoms with E-state index in [9.17, 15) is 0 Å². The molecule has 0 spiro atoms. The molecule has 2 heterocycles. The van der Waals surface area contributed by atoms with E-state index in [0.717, 1.165) is 32.7 Å². The van der Waals surface area contributed by atoms with Crippen molar-refractivity contribution < 1.29 is 9.26 Å². The molecular weight excluding hydrogens is 214 g/mol. The lowest BCUT2D eigenvalue weighted by molar-refractivity contribution is -0.0350. The summed E-state index contributed by atoms with van der Waals surface area (Å²) in [5, 5.41) is 2.70. The van der Waals surface area contributed by atoms with Gasteiger partial charge in [-0.1, -0.05) is 6.92 Å². The largest absolute Gasteiger partial charge is 0.367 e. The Bertz CT molecular complexity index is 360. The monoisotopic (exact) mass is 229 g/mol. The van der Waals surface area contributed by atoms with Crippen LogP contribution < -0.4 is 0 Å². The summed E-state index contributed by atoms with van der Waals surface area (Å²) in [5.74, 6) is 0.695. The van der Waals surface area contributed by atoms with Gasteiger partial charge < -0.3 is 9.26 Å². The van der Waals surface area contributed by atoms with Gasteiger partial charge in [0.05, 0.1) is 6.61 Å². The molecule has 2 rings (SSSR count). The van der Waals surface area contributed by atoms with E-state index >= 15 is 0 Å². The fourth-order valence-electron chi connectivity index (χ4n) is 1.76. The van der Waals surface area contributed by atoms with Crippen LogP contribution in [0.4, 0.5) is 0 Å². The number of hydrogen-bond donors (Lipinski definition) is 1. The Balaban J connectivity index is 2.01. The SMILES string of the molecule is CCCN1CCOC(c2nc(=S)o[nH]2)C1. The van der Waals surface area contributed by atoms with Crippen LogP contribution in [0.15, 0.2) is 4.52 Å². The average molecular weight is 229 g/mol. The number of nitrogens with one attached hydrogen (secondary N) is 1. The van der Waals surface area contributed by atoms with Crippen molar-refractivity contribution in [2.75, 3.05) is 26.2 Å². The molecule has 1 saturated heterocycles. The predicted octanol–water partition coefficient (Wildman–Crippen LogP) is 1.52. The fraction of sp³-hybridized carbons (Fsp3) is 0.778. The topological polar surface area (TPSA) is 54.3 Å². The van der Waals surface area contributed by atoms with E-state index < -0.39 is 0 Å². The standard InChI is InChI=1S/C9H15N3O2S/c1-2-3-12-4-5-13-7(6-12)8-10-9(15)14-11-8/h7H,2-6H2,1H3,(H,10,11,15). The van der Waals surface area contributed by atoms with Crippen LogP contribution >= 0.6 is 12.2 Å². The van der Waals surface area contributed by atoms with Gasteiger partial charge in [-0.2, -0.15) is 4.98 Å². The van der Waals surface area contributed by atoms with Gasteiger partial charge in [-0.15, -0.1) is 0 Å². The lowest BCUT2D eigenvalue weighted by Crippen LogP contribution is -2.39. The quantitative estimate of drug-likeness (QED) is 0.796. The van der Waals surface area contributed by atoms with Crippen molar-refractivity contribution in [1.29, 1.82) is 0 Å². The molecule has 0 saturated carbocycles. The van der Waals surface area contributed by atoms with Crippen LogP contribution in [0.2, 0.25) is 0 Å². The zero-order chi connectivity index (χ0) is 10.7. The highest BCUT2D eigenvalue weighted by atomic mass is 32.1. The average Bonchev–Trinajstić information content (AvgIpc) is 2.66. The highest BCUT2D eigenvalue weighted by Gasteiger charge is 2.23. The van der Waals surface area contributed by atoms with Gasteiger partial charge in [0.15, 0.2) is 5.82 Å². The Morgan fingerprint density at radius 2 is 2.53 bits per heavy atom. The Labute approximate surface area is 93.4 Å². The highest BCUT2D eigenvalue weighted by Crippen LogP contribution is 2.18. The third-order valence-electron chi connectivity index (χ3n) is 2.45. The minimum Gasteiger partial charge on any atom is -0.367 e. The van der Waals surface area contributed by atoms with Crippen molar-refractivity contribution in [1.82, 2.24) is 15.0 Å². The molecule has 1 aromatic rings. The van der Waals surface area contributed by atoms with Crippen molar-refractivity contribution in [3.8, 4) is 0 Å². The molecule has 15 heavy (non-hydrogen) atoms. The molecule has 1 N–H and O–H groups in total. The number of hydrogen-bond acceptors (Lipinski definition) is 5. The second-order valence-corrected chi connectivity index (χ2v) is 3.98. The van der Waals surface area contributed by atoms with Crippen LogP contribution in [0.1, 0.15) is 25.3 Å². The second-order valence-electron chi connectivity index (χ2n) is 3.63. The van der Waals surface area contributed by atoms with Gasteiger partial charge >= 0.3 is 4.84 Å². The molecular formula is C9H15N3O2S. The molecule has 0 bridgehead atoms. The highest BCUT2D eigenvalue weighted by molar-refractivity contribution is 7.71. The molecule has 5 nitrogen and oxygen atoms in total. The van der Waals surface area contributed by atoms with Crippen molar-refractivity contribution in [3.63, 3.8) is 0 Å². The molecule has 1 atom stereocenters. The van der Waals surface area contributed by atoms with E-state index in [1.807, 2.05) is 0 Å². The molecule has 1 aromatic heterocycles. The van der Waals surface area contributed by atoms with Gasteiger partial charge in [0.2, 0.25) is 0 Å². The summed E-state index contributed by atoms with van der Waals surface area (Å²) in [7, 11) is 0. The Hall–Kier alpha value is -0.720. The van der Waals surface area contributed by atoms with Crippen LogP contribution in [0.25, 0.3) is 0 Å². The summed E-state index contributed by atoms with van der Waals surface area (Å²) >= 11 is 4.80. The lowest BCUT2D eigenvalue weighted by atomic mass is 10.2. The van der Waals surface area contributed by atoms with Crippen molar-refractivity contribution in [3.05, 3.63) is 10.7 Å². The van der Waals surface area contributed by atoms with E-state index in [-0.39, 0.29) is 10.9 Å². The van der Waals surface area contributed by atoms with Gasteiger partial charge in [-0.3, -0.25) is 4.90 Å². The van der Waals surface area contributed by atoms with E-state index in [1.54, 1.807) is 0 Å². The molecule has 6 heteroatoms. The summed E-state index contributed by atoms with van der Waals surface area (Å²) in [4.78, 5) is 6.67. The smallest absolute Gasteiger partial charge is 0.314 e. The Kier molecular flexibility index (Phi) is 3.50. The number of morpholine rings is 1. The molecule has 1 aliphatic rings. The first-order valence-corrected chi connectivity index (χ1v) is 5.59. The van der Waals surface area contributed by atoms with Gasteiger partial charge in [0.1, 0.15) is 6.10 Å². The summed E-state index contributed by atoms with van der Waals surface area (Å²) < 4.78 is 10.5. The Morgan fingerprint density at radius 3 is 3.20 bits per heavy atom. The Morgan fingerprint density at radius 1 is 1.67 bits per heavy atom. The molecule has 84 valence electrons. The van der Waals surface area contributed by atoms with E-state index in [0.29, 0.717) is 5.82 Å². The number of rotatable bonds is 3. The van der Waals surface area contributed by atoms with E-state index in [4.69, 9.17) is 21.5 Å². The number of ether oxygens (including phenoxy) is 1. The van der Waals surface area contributed by atoms with Gasteiger partial charge in [-0.25, -0.2) is 5.16 Å². The van der Waals surface area contributed by atoms with Crippen LogP contribution in [0, 0.1) is 4.84 Å². The van der Waals surface area contributed by atoms with E-state index in [1.165, 1.54) is 0 Å². The second kappa shape index (κ2) is 4.87. The molecule has 1 aliphatic heterocycles. The van der Waals surface area contributed by atoms with Gasteiger partial charge in [0, 0.05) is 13.1 Å². The van der Waals surface area contributed by atoms with Crippen molar-refractivity contribution >= 4 is 12.2 Å². The third-order valence-corrected chi connectivity index (χ3v) is 2.62. The first-order chi connectivity index (χ1) is 7.29. The maximum absolute atomic E-state index is 5.61. The summed E-state index contributed by atoms with van der Waals surface area (Å²) in [6.07, 6.45) is 1.12. The zero-order valence-electron chi connectivity index (χ0n) is 8.73.